The van der Waals surface area contributed by atoms with Crippen LogP contribution < -0.4 is 0 Å². The maximum Gasteiger partial charge on any atom is 0.248 e. The Bertz CT molecular complexity index is 937. The lowest BCUT2D eigenvalue weighted by Gasteiger charge is -2.26. The fourth-order valence-corrected chi connectivity index (χ4v) is 4.22. The van der Waals surface area contributed by atoms with Crippen LogP contribution in [0.1, 0.15) is 11.3 Å². The van der Waals surface area contributed by atoms with Crippen LogP contribution in [0.2, 0.25) is 10.2 Å². The monoisotopic (exact) mass is 381 g/mol. The van der Waals surface area contributed by atoms with Gasteiger partial charge in [0.15, 0.2) is 5.15 Å². The van der Waals surface area contributed by atoms with Crippen LogP contribution in [0, 0.1) is 0 Å². The summed E-state index contributed by atoms with van der Waals surface area (Å²) in [6, 6.07) is 3.94. The molecule has 1 aliphatic rings. The van der Waals surface area contributed by atoms with E-state index in [1.807, 2.05) is 17.5 Å². The molecule has 0 bridgehead atoms. The lowest BCUT2D eigenvalue weighted by atomic mass is 10.0. The molecule has 4 rings (SSSR count). The molecule has 0 atom stereocenters. The number of carbonyl (C=O) groups is 1. The van der Waals surface area contributed by atoms with Gasteiger partial charge in [0.2, 0.25) is 5.91 Å². The number of hydrogen-bond acceptors (Lipinski definition) is 4. The molecule has 0 saturated heterocycles. The summed E-state index contributed by atoms with van der Waals surface area (Å²) in [7, 11) is 0. The Hall–Kier alpha value is -1.60. The highest BCUT2D eigenvalue weighted by Crippen LogP contribution is 2.41. The highest BCUT2D eigenvalue weighted by atomic mass is 35.5. The van der Waals surface area contributed by atoms with Gasteiger partial charge < -0.3 is 15.0 Å². The van der Waals surface area contributed by atoms with Crippen LogP contribution in [0.5, 0.6) is 0 Å². The maximum atomic E-state index is 11.9. The number of aromatic nitrogens is 2. The number of nitrogens with zero attached hydrogens (tertiary/aromatic N) is 2. The number of rotatable bonds is 2. The lowest BCUT2D eigenvalue weighted by molar-refractivity contribution is -0.135. The third-order valence-electron chi connectivity index (χ3n) is 4.26. The molecular formula is C16H13Cl2N3O2S. The van der Waals surface area contributed by atoms with E-state index in [2.05, 4.69) is 9.97 Å². The fourth-order valence-electron chi connectivity index (χ4n) is 3.13. The van der Waals surface area contributed by atoms with Crippen molar-refractivity contribution in [2.24, 2.45) is 0 Å². The number of hydrogen-bond donors (Lipinski definition) is 2. The molecule has 4 heterocycles. The van der Waals surface area contributed by atoms with Gasteiger partial charge in [0.05, 0.1) is 16.1 Å². The SMILES string of the molecule is O=C(CO)N1CCc2[nH]c3c(Cl)c(Cl)nc(-c4cccs4)c3c2C1. The van der Waals surface area contributed by atoms with E-state index in [4.69, 9.17) is 28.3 Å². The molecule has 0 radical (unpaired) electrons. The number of fused-ring (bicyclic) bond motifs is 3. The second kappa shape index (κ2) is 6.04. The van der Waals surface area contributed by atoms with E-state index in [-0.39, 0.29) is 11.1 Å². The van der Waals surface area contributed by atoms with Gasteiger partial charge in [-0.3, -0.25) is 4.79 Å². The molecule has 0 unspecified atom stereocenters. The van der Waals surface area contributed by atoms with E-state index in [9.17, 15) is 4.79 Å². The van der Waals surface area contributed by atoms with Gasteiger partial charge in [-0.2, -0.15) is 0 Å². The molecule has 1 aliphatic heterocycles. The molecule has 0 aliphatic carbocycles. The minimum absolute atomic E-state index is 0.259. The summed E-state index contributed by atoms with van der Waals surface area (Å²) in [4.78, 5) is 22.4. The molecule has 3 aromatic heterocycles. The first-order valence-corrected chi connectivity index (χ1v) is 9.04. The highest BCUT2D eigenvalue weighted by molar-refractivity contribution is 7.13. The number of carbonyl (C=O) groups excluding carboxylic acids is 1. The smallest absolute Gasteiger partial charge is 0.248 e. The molecule has 8 heteroatoms. The van der Waals surface area contributed by atoms with Crippen molar-refractivity contribution in [3.63, 3.8) is 0 Å². The Balaban J connectivity index is 1.96. The number of aliphatic hydroxyl groups excluding tert-OH is 1. The Labute approximate surface area is 151 Å². The van der Waals surface area contributed by atoms with Crippen molar-refractivity contribution >= 4 is 51.3 Å². The quantitative estimate of drug-likeness (QED) is 0.667. The normalized spacial score (nSPS) is 14.2. The topological polar surface area (TPSA) is 69.2 Å². The number of pyridine rings is 1. The Kier molecular flexibility index (Phi) is 4.00. The van der Waals surface area contributed by atoms with Gasteiger partial charge >= 0.3 is 0 Å². The zero-order chi connectivity index (χ0) is 16.8. The summed E-state index contributed by atoms with van der Waals surface area (Å²) >= 11 is 14.2. The molecule has 0 saturated carbocycles. The van der Waals surface area contributed by atoms with Crippen LogP contribution in [-0.4, -0.2) is 39.0 Å². The summed E-state index contributed by atoms with van der Waals surface area (Å²) < 4.78 is 0. The van der Waals surface area contributed by atoms with Crippen molar-refractivity contribution in [2.45, 2.75) is 13.0 Å². The molecule has 0 spiro atoms. The van der Waals surface area contributed by atoms with E-state index >= 15 is 0 Å². The number of thiophene rings is 1. The Morgan fingerprint density at radius 2 is 2.29 bits per heavy atom. The number of amides is 1. The predicted molar refractivity (Wildman–Crippen MR) is 95.6 cm³/mol. The van der Waals surface area contributed by atoms with E-state index in [1.54, 1.807) is 16.2 Å². The summed E-state index contributed by atoms with van der Waals surface area (Å²) in [5, 5.41) is 12.7. The van der Waals surface area contributed by atoms with Gasteiger partial charge in [0.1, 0.15) is 11.6 Å². The number of aromatic amines is 1. The van der Waals surface area contributed by atoms with Crippen LogP contribution in [-0.2, 0) is 17.8 Å². The van der Waals surface area contributed by atoms with Crippen LogP contribution in [0.4, 0.5) is 0 Å². The summed E-state index contributed by atoms with van der Waals surface area (Å²) in [5.41, 5.74) is 3.55. The molecule has 3 aromatic rings. The zero-order valence-corrected chi connectivity index (χ0v) is 14.8. The van der Waals surface area contributed by atoms with Crippen molar-refractivity contribution in [1.82, 2.24) is 14.9 Å². The van der Waals surface area contributed by atoms with Gasteiger partial charge in [0, 0.05) is 36.2 Å². The maximum absolute atomic E-state index is 11.9. The lowest BCUT2D eigenvalue weighted by Crippen LogP contribution is -2.37. The van der Waals surface area contributed by atoms with Gasteiger partial charge in [-0.05, 0) is 11.4 Å². The van der Waals surface area contributed by atoms with E-state index in [0.29, 0.717) is 24.5 Å². The van der Waals surface area contributed by atoms with Gasteiger partial charge in [0.25, 0.3) is 0 Å². The molecule has 0 fully saturated rings. The third kappa shape index (κ3) is 2.41. The van der Waals surface area contributed by atoms with Crippen LogP contribution >= 0.6 is 34.5 Å². The third-order valence-corrected chi connectivity index (χ3v) is 5.88. The fraction of sp³-hybridized carbons (Fsp3) is 0.250. The van der Waals surface area contributed by atoms with Crippen molar-refractivity contribution in [3.8, 4) is 10.6 Å². The van der Waals surface area contributed by atoms with Gasteiger partial charge in [-0.15, -0.1) is 11.3 Å². The Morgan fingerprint density at radius 1 is 1.46 bits per heavy atom. The molecule has 2 N–H and O–H groups in total. The van der Waals surface area contributed by atoms with Crippen molar-refractivity contribution in [3.05, 3.63) is 38.9 Å². The first-order chi connectivity index (χ1) is 11.6. The number of aliphatic hydroxyl groups is 1. The van der Waals surface area contributed by atoms with Crippen LogP contribution in [0.15, 0.2) is 17.5 Å². The molecule has 0 aromatic carbocycles. The number of H-pyrrole nitrogens is 1. The standard InChI is InChI=1S/C16H13Cl2N3O2S/c17-13-15-12(14(20-16(13)18)10-2-1-5-24-10)8-6-21(11(23)7-22)4-3-9(8)19-15/h1-2,5,19,22H,3-4,6-7H2. The zero-order valence-electron chi connectivity index (χ0n) is 12.5. The van der Waals surface area contributed by atoms with E-state index in [1.165, 1.54) is 0 Å². The van der Waals surface area contributed by atoms with E-state index < -0.39 is 6.61 Å². The van der Waals surface area contributed by atoms with Crippen LogP contribution in [0.3, 0.4) is 0 Å². The Morgan fingerprint density at radius 3 is 3.00 bits per heavy atom. The minimum atomic E-state index is -0.486. The summed E-state index contributed by atoms with van der Waals surface area (Å²) in [6.45, 7) is 0.499. The minimum Gasteiger partial charge on any atom is -0.387 e. The largest absolute Gasteiger partial charge is 0.387 e. The first kappa shape index (κ1) is 15.9. The first-order valence-electron chi connectivity index (χ1n) is 7.41. The van der Waals surface area contributed by atoms with Crippen molar-refractivity contribution in [1.29, 1.82) is 0 Å². The average Bonchev–Trinajstić information content (AvgIpc) is 3.24. The second-order valence-corrected chi connectivity index (χ2v) is 7.28. The molecule has 124 valence electrons. The molecule has 24 heavy (non-hydrogen) atoms. The summed E-state index contributed by atoms with van der Waals surface area (Å²) in [6.07, 6.45) is 0.674. The molecule has 5 nitrogen and oxygen atoms in total. The van der Waals surface area contributed by atoms with Crippen molar-refractivity contribution < 1.29 is 9.90 Å². The predicted octanol–water partition coefficient (Wildman–Crippen LogP) is 3.48. The number of nitrogens with one attached hydrogen (secondary N) is 1. The average molecular weight is 382 g/mol. The van der Waals surface area contributed by atoms with Gasteiger partial charge in [-0.1, -0.05) is 29.3 Å². The number of halogens is 2. The summed E-state index contributed by atoms with van der Waals surface area (Å²) in [5.74, 6) is -0.277. The highest BCUT2D eigenvalue weighted by Gasteiger charge is 2.27. The van der Waals surface area contributed by atoms with E-state index in [0.717, 1.165) is 32.7 Å². The van der Waals surface area contributed by atoms with Crippen molar-refractivity contribution in [2.75, 3.05) is 13.2 Å². The van der Waals surface area contributed by atoms with Crippen LogP contribution in [0.25, 0.3) is 21.5 Å². The van der Waals surface area contributed by atoms with Gasteiger partial charge in [-0.25, -0.2) is 4.98 Å². The molecular weight excluding hydrogens is 369 g/mol. The second-order valence-electron chi connectivity index (χ2n) is 5.60. The molecule has 1 amide bonds.